The lowest BCUT2D eigenvalue weighted by molar-refractivity contribution is 0.285. The number of fused-ring (bicyclic) bond motifs is 2. The number of aliphatic hydroxyl groups is 1. The average Bonchev–Trinajstić information content (AvgIpc) is 3.00. The third-order valence-corrected chi connectivity index (χ3v) is 4.39. The summed E-state index contributed by atoms with van der Waals surface area (Å²) in [6, 6.07) is 22.4. The molecular weight excluding hydrogens is 312 g/mol. The van der Waals surface area contributed by atoms with Crippen molar-refractivity contribution in [1.29, 1.82) is 0 Å². The number of ether oxygens (including phenoxy) is 1. The molecule has 0 aliphatic rings. The van der Waals surface area contributed by atoms with E-state index in [4.69, 9.17) is 4.74 Å². The number of hydrogen-bond acceptors (Lipinski definition) is 3. The van der Waals surface area contributed by atoms with Gasteiger partial charge >= 0.3 is 0 Å². The molecule has 0 bridgehead atoms. The van der Waals surface area contributed by atoms with Gasteiger partial charge in [0.25, 0.3) is 0 Å². The highest BCUT2D eigenvalue weighted by Gasteiger charge is 2.10. The molecule has 4 aromatic rings. The van der Waals surface area contributed by atoms with E-state index >= 15 is 0 Å². The first-order chi connectivity index (χ1) is 12.4. The van der Waals surface area contributed by atoms with Crippen molar-refractivity contribution in [1.82, 2.24) is 9.55 Å². The van der Waals surface area contributed by atoms with Gasteiger partial charge in [-0.2, -0.15) is 0 Å². The molecule has 0 atom stereocenters. The van der Waals surface area contributed by atoms with Crippen LogP contribution in [0.15, 0.2) is 66.7 Å². The molecule has 4 rings (SSSR count). The maximum atomic E-state index is 9.31. The maximum Gasteiger partial charge on any atom is 0.127 e. The molecule has 1 heterocycles. The smallest absolute Gasteiger partial charge is 0.127 e. The normalized spacial score (nSPS) is 11.2. The molecule has 126 valence electrons. The van der Waals surface area contributed by atoms with Crippen LogP contribution in [0.2, 0.25) is 0 Å². The third kappa shape index (κ3) is 3.08. The molecular formula is C21H20N2O2. The van der Waals surface area contributed by atoms with Crippen LogP contribution < -0.4 is 4.74 Å². The monoisotopic (exact) mass is 332 g/mol. The Bertz CT molecular complexity index is 1000. The van der Waals surface area contributed by atoms with Crippen LogP contribution in [0.1, 0.15) is 5.82 Å². The molecule has 0 aliphatic heterocycles. The summed E-state index contributed by atoms with van der Waals surface area (Å²) < 4.78 is 8.20. The quantitative estimate of drug-likeness (QED) is 0.584. The van der Waals surface area contributed by atoms with Crippen LogP contribution in [-0.4, -0.2) is 27.9 Å². The lowest BCUT2D eigenvalue weighted by Gasteiger charge is -2.12. The molecule has 4 nitrogen and oxygen atoms in total. The highest BCUT2D eigenvalue weighted by molar-refractivity contribution is 5.88. The molecule has 0 aliphatic carbocycles. The first-order valence-corrected chi connectivity index (χ1v) is 8.52. The second-order valence-corrected chi connectivity index (χ2v) is 5.97. The summed E-state index contributed by atoms with van der Waals surface area (Å²) >= 11 is 0. The molecule has 0 amide bonds. The zero-order valence-corrected chi connectivity index (χ0v) is 13.9. The Kier molecular flexibility index (Phi) is 4.36. The van der Waals surface area contributed by atoms with E-state index in [1.807, 2.05) is 42.5 Å². The third-order valence-electron chi connectivity index (χ3n) is 4.39. The van der Waals surface area contributed by atoms with E-state index in [2.05, 4.69) is 33.8 Å². The molecule has 0 saturated heterocycles. The number of aromatic nitrogens is 2. The summed E-state index contributed by atoms with van der Waals surface area (Å²) in [5, 5.41) is 11.6. The average molecular weight is 332 g/mol. The van der Waals surface area contributed by atoms with Gasteiger partial charge in [-0.1, -0.05) is 48.5 Å². The number of imidazole rings is 1. The Balaban J connectivity index is 1.57. The highest BCUT2D eigenvalue weighted by atomic mass is 16.5. The van der Waals surface area contributed by atoms with E-state index in [-0.39, 0.29) is 6.61 Å². The number of aliphatic hydroxyl groups excluding tert-OH is 1. The molecule has 25 heavy (non-hydrogen) atoms. The number of rotatable bonds is 6. The van der Waals surface area contributed by atoms with E-state index in [0.29, 0.717) is 19.6 Å². The summed E-state index contributed by atoms with van der Waals surface area (Å²) in [5.74, 6) is 1.79. The number of para-hydroxylation sites is 2. The lowest BCUT2D eigenvalue weighted by atomic mass is 10.1. The standard InChI is InChI=1S/C21H20N2O2/c24-14-12-21-22-18-9-3-4-10-19(18)23(21)13-15-25-20-11-5-7-16-6-1-2-8-17(16)20/h1-11,24H,12-15H2. The fourth-order valence-corrected chi connectivity index (χ4v) is 3.23. The van der Waals surface area contributed by atoms with Gasteiger partial charge in [0.15, 0.2) is 0 Å². The van der Waals surface area contributed by atoms with Crippen molar-refractivity contribution in [3.8, 4) is 5.75 Å². The van der Waals surface area contributed by atoms with E-state index in [9.17, 15) is 5.11 Å². The van der Waals surface area contributed by atoms with Gasteiger partial charge in [-0.3, -0.25) is 0 Å². The van der Waals surface area contributed by atoms with Crippen LogP contribution >= 0.6 is 0 Å². The fourth-order valence-electron chi connectivity index (χ4n) is 3.23. The first-order valence-electron chi connectivity index (χ1n) is 8.52. The zero-order valence-electron chi connectivity index (χ0n) is 13.9. The predicted octanol–water partition coefficient (Wildman–Crippen LogP) is 3.80. The van der Waals surface area contributed by atoms with Crippen molar-refractivity contribution >= 4 is 21.8 Å². The molecule has 3 aromatic carbocycles. The second-order valence-electron chi connectivity index (χ2n) is 5.97. The van der Waals surface area contributed by atoms with Crippen molar-refractivity contribution in [3.05, 3.63) is 72.6 Å². The second kappa shape index (κ2) is 6.95. The Hall–Kier alpha value is -2.85. The van der Waals surface area contributed by atoms with Crippen LogP contribution in [0.4, 0.5) is 0 Å². The Morgan fingerprint density at radius 1 is 0.920 bits per heavy atom. The largest absolute Gasteiger partial charge is 0.491 e. The molecule has 0 saturated carbocycles. The van der Waals surface area contributed by atoms with Crippen LogP contribution in [0.25, 0.3) is 21.8 Å². The van der Waals surface area contributed by atoms with Gasteiger partial charge in [-0.15, -0.1) is 0 Å². The van der Waals surface area contributed by atoms with Gasteiger partial charge in [0.1, 0.15) is 18.2 Å². The van der Waals surface area contributed by atoms with Gasteiger partial charge < -0.3 is 14.4 Å². The van der Waals surface area contributed by atoms with Gasteiger partial charge in [0.2, 0.25) is 0 Å². The minimum atomic E-state index is 0.0908. The van der Waals surface area contributed by atoms with Crippen LogP contribution in [0.5, 0.6) is 5.75 Å². The summed E-state index contributed by atoms with van der Waals surface area (Å²) in [6.45, 7) is 1.33. The van der Waals surface area contributed by atoms with Crippen LogP contribution in [-0.2, 0) is 13.0 Å². The van der Waals surface area contributed by atoms with E-state index in [1.54, 1.807) is 0 Å². The molecule has 0 unspecified atom stereocenters. The van der Waals surface area contributed by atoms with E-state index < -0.39 is 0 Å². The number of nitrogens with zero attached hydrogens (tertiary/aromatic N) is 2. The van der Waals surface area contributed by atoms with Gasteiger partial charge in [-0.25, -0.2) is 4.98 Å². The Morgan fingerprint density at radius 2 is 1.72 bits per heavy atom. The molecule has 0 fully saturated rings. The first kappa shape index (κ1) is 15.7. The molecule has 4 heteroatoms. The topological polar surface area (TPSA) is 47.3 Å². The van der Waals surface area contributed by atoms with Crippen LogP contribution in [0.3, 0.4) is 0 Å². The summed E-state index contributed by atoms with van der Waals surface area (Å²) in [7, 11) is 0. The van der Waals surface area contributed by atoms with Crippen molar-refractivity contribution in [2.75, 3.05) is 13.2 Å². The Morgan fingerprint density at radius 3 is 2.64 bits per heavy atom. The van der Waals surface area contributed by atoms with Crippen molar-refractivity contribution in [3.63, 3.8) is 0 Å². The zero-order chi connectivity index (χ0) is 17.1. The van der Waals surface area contributed by atoms with E-state index in [1.165, 1.54) is 5.39 Å². The van der Waals surface area contributed by atoms with Crippen molar-refractivity contribution in [2.45, 2.75) is 13.0 Å². The van der Waals surface area contributed by atoms with Gasteiger partial charge in [0.05, 0.1) is 24.2 Å². The minimum Gasteiger partial charge on any atom is -0.491 e. The van der Waals surface area contributed by atoms with Crippen molar-refractivity contribution in [2.24, 2.45) is 0 Å². The summed E-state index contributed by atoms with van der Waals surface area (Å²) in [4.78, 5) is 4.63. The summed E-state index contributed by atoms with van der Waals surface area (Å²) in [5.41, 5.74) is 2.03. The number of hydrogen-bond donors (Lipinski definition) is 1. The molecule has 0 radical (unpaired) electrons. The summed E-state index contributed by atoms with van der Waals surface area (Å²) in [6.07, 6.45) is 0.545. The SMILES string of the molecule is OCCc1nc2ccccc2n1CCOc1cccc2ccccc12. The van der Waals surface area contributed by atoms with Gasteiger partial charge in [-0.05, 0) is 23.6 Å². The molecule has 1 aromatic heterocycles. The number of benzene rings is 3. The van der Waals surface area contributed by atoms with E-state index in [0.717, 1.165) is 28.0 Å². The van der Waals surface area contributed by atoms with Gasteiger partial charge in [0, 0.05) is 11.8 Å². The Labute approximate surface area is 146 Å². The highest BCUT2D eigenvalue weighted by Crippen LogP contribution is 2.25. The fraction of sp³-hybridized carbons (Fsp3) is 0.190. The van der Waals surface area contributed by atoms with Crippen LogP contribution in [0, 0.1) is 0 Å². The molecule has 1 N–H and O–H groups in total. The predicted molar refractivity (Wildman–Crippen MR) is 100.0 cm³/mol. The molecule has 0 spiro atoms. The lowest BCUT2D eigenvalue weighted by Crippen LogP contribution is -2.12. The minimum absolute atomic E-state index is 0.0908. The van der Waals surface area contributed by atoms with Crippen molar-refractivity contribution < 1.29 is 9.84 Å². The maximum absolute atomic E-state index is 9.31.